The lowest BCUT2D eigenvalue weighted by Crippen LogP contribution is -2.31. The van der Waals surface area contributed by atoms with Gasteiger partial charge in [-0.05, 0) is 45.4 Å². The van der Waals surface area contributed by atoms with Gasteiger partial charge in [0.1, 0.15) is 0 Å². The summed E-state index contributed by atoms with van der Waals surface area (Å²) >= 11 is 0. The molecule has 0 aromatic rings. The third-order valence-corrected chi connectivity index (χ3v) is 4.01. The topological polar surface area (TPSA) is 0 Å². The van der Waals surface area contributed by atoms with E-state index < -0.39 is 0 Å². The van der Waals surface area contributed by atoms with Crippen LogP contribution in [0.15, 0.2) is 34.9 Å². The van der Waals surface area contributed by atoms with E-state index in [4.69, 9.17) is 0 Å². The van der Waals surface area contributed by atoms with E-state index in [0.717, 1.165) is 6.42 Å². The first-order chi connectivity index (χ1) is 7.65. The standard InChI is InChI=1S/C16H24/c1-4-5-8-13(2)11-16(3)12-14-9-6-7-10-15(14)16/h5,8,11H,4,6-7,9-10,12H2,1-3H3/b8-5-,13-11-. The fourth-order valence-corrected chi connectivity index (χ4v) is 3.29. The maximum Gasteiger partial charge on any atom is 0.0108 e. The number of hydrogen-bond acceptors (Lipinski definition) is 0. The van der Waals surface area contributed by atoms with Gasteiger partial charge in [-0.3, -0.25) is 0 Å². The van der Waals surface area contributed by atoms with E-state index in [9.17, 15) is 0 Å². The number of allylic oxidation sites excluding steroid dienone is 6. The summed E-state index contributed by atoms with van der Waals surface area (Å²) in [5.41, 5.74) is 5.37. The molecule has 16 heavy (non-hydrogen) atoms. The van der Waals surface area contributed by atoms with Crippen LogP contribution in [0.25, 0.3) is 0 Å². The van der Waals surface area contributed by atoms with Crippen LogP contribution in [0.3, 0.4) is 0 Å². The number of hydrogen-bond donors (Lipinski definition) is 0. The van der Waals surface area contributed by atoms with Crippen molar-refractivity contribution in [2.75, 3.05) is 0 Å². The Labute approximate surface area is 100 Å². The third-order valence-electron chi connectivity index (χ3n) is 4.01. The molecule has 0 heteroatoms. The van der Waals surface area contributed by atoms with Crippen LogP contribution in [0.1, 0.15) is 59.3 Å². The Hall–Kier alpha value is -0.780. The van der Waals surface area contributed by atoms with Crippen LogP contribution in [0.2, 0.25) is 0 Å². The molecule has 0 aliphatic heterocycles. The van der Waals surface area contributed by atoms with Gasteiger partial charge >= 0.3 is 0 Å². The van der Waals surface area contributed by atoms with Gasteiger partial charge in [-0.2, -0.15) is 0 Å². The summed E-state index contributed by atoms with van der Waals surface area (Å²) in [5, 5.41) is 0. The van der Waals surface area contributed by atoms with Crippen molar-refractivity contribution in [2.24, 2.45) is 5.41 Å². The van der Waals surface area contributed by atoms with Crippen molar-refractivity contribution in [1.29, 1.82) is 0 Å². The zero-order valence-electron chi connectivity index (χ0n) is 11.0. The molecule has 0 aromatic carbocycles. The Morgan fingerprint density at radius 1 is 1.31 bits per heavy atom. The van der Waals surface area contributed by atoms with Gasteiger partial charge < -0.3 is 0 Å². The van der Waals surface area contributed by atoms with E-state index in [1.165, 1.54) is 37.7 Å². The van der Waals surface area contributed by atoms with Crippen LogP contribution in [0.4, 0.5) is 0 Å². The van der Waals surface area contributed by atoms with Gasteiger partial charge in [-0.1, -0.05) is 48.8 Å². The molecule has 0 N–H and O–H groups in total. The highest BCUT2D eigenvalue weighted by Gasteiger charge is 2.39. The molecule has 2 aliphatic carbocycles. The van der Waals surface area contributed by atoms with Crippen molar-refractivity contribution in [3.05, 3.63) is 34.9 Å². The quantitative estimate of drug-likeness (QED) is 0.450. The fraction of sp³-hybridized carbons (Fsp3) is 0.625. The fourth-order valence-electron chi connectivity index (χ4n) is 3.29. The average molecular weight is 216 g/mol. The highest BCUT2D eigenvalue weighted by atomic mass is 14.4. The Kier molecular flexibility index (Phi) is 3.37. The second-order valence-corrected chi connectivity index (χ2v) is 5.58. The van der Waals surface area contributed by atoms with Crippen molar-refractivity contribution < 1.29 is 0 Å². The largest absolute Gasteiger partial charge is 0.0846 e. The summed E-state index contributed by atoms with van der Waals surface area (Å²) in [5.74, 6) is 0. The normalized spacial score (nSPS) is 30.6. The van der Waals surface area contributed by atoms with Crippen LogP contribution >= 0.6 is 0 Å². The first-order valence-electron chi connectivity index (χ1n) is 6.73. The Balaban J connectivity index is 2.11. The van der Waals surface area contributed by atoms with Gasteiger partial charge in [0.25, 0.3) is 0 Å². The number of rotatable bonds is 3. The summed E-state index contributed by atoms with van der Waals surface area (Å²) in [6, 6.07) is 0. The molecule has 0 radical (unpaired) electrons. The maximum absolute atomic E-state index is 2.49. The molecule has 0 aromatic heterocycles. The Bertz CT molecular complexity index is 354. The molecule has 0 spiro atoms. The molecule has 88 valence electrons. The third kappa shape index (κ3) is 2.16. The molecule has 0 saturated carbocycles. The molecular formula is C16H24. The highest BCUT2D eigenvalue weighted by Crippen LogP contribution is 2.53. The van der Waals surface area contributed by atoms with E-state index in [1.54, 1.807) is 11.1 Å². The van der Waals surface area contributed by atoms with E-state index >= 15 is 0 Å². The van der Waals surface area contributed by atoms with Crippen LogP contribution in [0.5, 0.6) is 0 Å². The first kappa shape index (κ1) is 11.7. The van der Waals surface area contributed by atoms with Crippen LogP contribution in [-0.2, 0) is 0 Å². The minimum absolute atomic E-state index is 0.401. The predicted octanol–water partition coefficient (Wildman–Crippen LogP) is 5.18. The minimum Gasteiger partial charge on any atom is -0.0846 e. The molecular weight excluding hydrogens is 192 g/mol. The lowest BCUT2D eigenvalue weighted by Gasteiger charge is -2.45. The summed E-state index contributed by atoms with van der Waals surface area (Å²) in [6.45, 7) is 6.84. The molecule has 2 aliphatic rings. The minimum atomic E-state index is 0.401. The lowest BCUT2D eigenvalue weighted by atomic mass is 9.60. The van der Waals surface area contributed by atoms with Crippen molar-refractivity contribution in [3.63, 3.8) is 0 Å². The van der Waals surface area contributed by atoms with Crippen LogP contribution < -0.4 is 0 Å². The molecule has 2 rings (SSSR count). The molecule has 0 amide bonds. The maximum atomic E-state index is 2.49. The van der Waals surface area contributed by atoms with Crippen LogP contribution in [0, 0.1) is 5.41 Å². The zero-order valence-corrected chi connectivity index (χ0v) is 11.0. The molecule has 0 saturated heterocycles. The first-order valence-corrected chi connectivity index (χ1v) is 6.73. The predicted molar refractivity (Wildman–Crippen MR) is 71.4 cm³/mol. The van der Waals surface area contributed by atoms with E-state index in [2.05, 4.69) is 39.0 Å². The van der Waals surface area contributed by atoms with Crippen LogP contribution in [-0.4, -0.2) is 0 Å². The molecule has 0 fully saturated rings. The molecule has 0 heterocycles. The molecule has 1 unspecified atom stereocenters. The summed E-state index contributed by atoms with van der Waals surface area (Å²) in [6.07, 6.45) is 15.0. The Morgan fingerprint density at radius 2 is 2.06 bits per heavy atom. The van der Waals surface area contributed by atoms with Gasteiger partial charge in [-0.15, -0.1) is 0 Å². The second kappa shape index (κ2) is 4.61. The molecule has 0 nitrogen and oxygen atoms in total. The van der Waals surface area contributed by atoms with Crippen molar-refractivity contribution in [1.82, 2.24) is 0 Å². The summed E-state index contributed by atoms with van der Waals surface area (Å²) in [4.78, 5) is 0. The van der Waals surface area contributed by atoms with Crippen molar-refractivity contribution in [2.45, 2.75) is 59.3 Å². The van der Waals surface area contributed by atoms with Gasteiger partial charge in [0.15, 0.2) is 0 Å². The van der Waals surface area contributed by atoms with Gasteiger partial charge in [0.2, 0.25) is 0 Å². The van der Waals surface area contributed by atoms with Crippen molar-refractivity contribution >= 4 is 0 Å². The Morgan fingerprint density at radius 3 is 2.75 bits per heavy atom. The zero-order chi connectivity index (χ0) is 11.6. The molecule has 0 bridgehead atoms. The van der Waals surface area contributed by atoms with E-state index in [-0.39, 0.29) is 0 Å². The summed E-state index contributed by atoms with van der Waals surface area (Å²) < 4.78 is 0. The molecule has 1 atom stereocenters. The smallest absolute Gasteiger partial charge is 0.0108 e. The van der Waals surface area contributed by atoms with E-state index in [0.29, 0.717) is 5.41 Å². The second-order valence-electron chi connectivity index (χ2n) is 5.58. The van der Waals surface area contributed by atoms with Gasteiger partial charge in [-0.25, -0.2) is 0 Å². The van der Waals surface area contributed by atoms with Crippen molar-refractivity contribution in [3.8, 4) is 0 Å². The average Bonchev–Trinajstić information content (AvgIpc) is 2.25. The van der Waals surface area contributed by atoms with E-state index in [1.807, 2.05) is 0 Å². The lowest BCUT2D eigenvalue weighted by molar-refractivity contribution is 0.372. The summed E-state index contributed by atoms with van der Waals surface area (Å²) in [7, 11) is 0. The van der Waals surface area contributed by atoms with Gasteiger partial charge in [0, 0.05) is 5.41 Å². The van der Waals surface area contributed by atoms with Gasteiger partial charge in [0.05, 0.1) is 0 Å². The highest BCUT2D eigenvalue weighted by molar-refractivity contribution is 5.41. The SMILES string of the molecule is CC/C=C\C(C)=C/C1(C)CC2=C1CCCC2. The monoisotopic (exact) mass is 216 g/mol.